The van der Waals surface area contributed by atoms with Gasteiger partial charge < -0.3 is 4.90 Å². The zero-order chi connectivity index (χ0) is 21.1. The second kappa shape index (κ2) is 8.61. The molecule has 3 aromatic rings. The quantitative estimate of drug-likeness (QED) is 0.639. The molecule has 0 spiro atoms. The SMILES string of the molecule is CN1C(=O)[C@@H](NCC(=O)c2ccccc2Cl)N=C(c2ccccc2)c2ccccc21. The highest BCUT2D eigenvalue weighted by Crippen LogP contribution is 2.27. The van der Waals surface area contributed by atoms with Crippen LogP contribution in [0.25, 0.3) is 0 Å². The van der Waals surface area contributed by atoms with E-state index in [1.807, 2.05) is 54.6 Å². The second-order valence-electron chi connectivity index (χ2n) is 6.94. The summed E-state index contributed by atoms with van der Waals surface area (Å²) < 4.78 is 0. The van der Waals surface area contributed by atoms with Crippen molar-refractivity contribution in [2.24, 2.45) is 4.99 Å². The summed E-state index contributed by atoms with van der Waals surface area (Å²) in [4.78, 5) is 32.1. The maximum absolute atomic E-state index is 13.1. The molecule has 150 valence electrons. The molecule has 0 radical (unpaired) electrons. The molecule has 0 aliphatic carbocycles. The number of nitrogens with zero attached hydrogens (tertiary/aromatic N) is 2. The summed E-state index contributed by atoms with van der Waals surface area (Å²) >= 11 is 6.13. The number of benzene rings is 3. The van der Waals surface area contributed by atoms with Crippen molar-refractivity contribution in [2.75, 3.05) is 18.5 Å². The number of carbonyl (C=O) groups excluding carboxylic acids is 2. The van der Waals surface area contributed by atoms with Crippen LogP contribution in [-0.4, -0.2) is 37.2 Å². The van der Waals surface area contributed by atoms with Crippen LogP contribution in [-0.2, 0) is 4.79 Å². The topological polar surface area (TPSA) is 61.8 Å². The molecule has 1 heterocycles. The van der Waals surface area contributed by atoms with Gasteiger partial charge in [-0.25, -0.2) is 0 Å². The summed E-state index contributed by atoms with van der Waals surface area (Å²) in [6, 6.07) is 24.2. The van der Waals surface area contributed by atoms with E-state index in [-0.39, 0.29) is 18.2 Å². The fourth-order valence-electron chi connectivity index (χ4n) is 3.45. The van der Waals surface area contributed by atoms with Crippen molar-refractivity contribution in [1.29, 1.82) is 0 Å². The number of likely N-dealkylation sites (N-methyl/N-ethyl adjacent to an activating group) is 1. The molecule has 4 rings (SSSR count). The first-order valence-electron chi connectivity index (χ1n) is 9.57. The first kappa shape index (κ1) is 20.0. The molecular formula is C24H20ClN3O2. The van der Waals surface area contributed by atoms with Crippen LogP contribution in [0.15, 0.2) is 83.9 Å². The first-order chi connectivity index (χ1) is 14.6. The lowest BCUT2D eigenvalue weighted by Gasteiger charge is -2.20. The highest BCUT2D eigenvalue weighted by Gasteiger charge is 2.30. The Hall–Kier alpha value is -3.28. The van der Waals surface area contributed by atoms with E-state index in [0.717, 1.165) is 16.8 Å². The second-order valence-corrected chi connectivity index (χ2v) is 7.35. The molecule has 30 heavy (non-hydrogen) atoms. The average Bonchev–Trinajstić information content (AvgIpc) is 2.88. The molecule has 0 aromatic heterocycles. The monoisotopic (exact) mass is 417 g/mol. The van der Waals surface area contributed by atoms with Crippen LogP contribution in [0, 0.1) is 0 Å². The van der Waals surface area contributed by atoms with Crippen LogP contribution in [0.4, 0.5) is 5.69 Å². The number of anilines is 1. The van der Waals surface area contributed by atoms with Gasteiger partial charge in [0.2, 0.25) is 0 Å². The summed E-state index contributed by atoms with van der Waals surface area (Å²) in [6.07, 6.45) is -0.899. The minimum Gasteiger partial charge on any atom is -0.312 e. The smallest absolute Gasteiger partial charge is 0.266 e. The Morgan fingerprint density at radius 3 is 2.43 bits per heavy atom. The Labute approximate surface area is 180 Å². The molecule has 5 nitrogen and oxygen atoms in total. The van der Waals surface area contributed by atoms with Crippen LogP contribution >= 0.6 is 11.6 Å². The molecule has 0 fully saturated rings. The van der Waals surface area contributed by atoms with Crippen LogP contribution in [0.5, 0.6) is 0 Å². The molecule has 1 atom stereocenters. The molecule has 1 aliphatic heterocycles. The Kier molecular flexibility index (Phi) is 5.74. The molecule has 0 saturated heterocycles. The Balaban J connectivity index is 1.68. The summed E-state index contributed by atoms with van der Waals surface area (Å²) in [5.41, 5.74) is 3.65. The largest absolute Gasteiger partial charge is 0.312 e. The lowest BCUT2D eigenvalue weighted by atomic mass is 10.0. The lowest BCUT2D eigenvalue weighted by Crippen LogP contribution is -2.45. The van der Waals surface area contributed by atoms with Gasteiger partial charge >= 0.3 is 0 Å². The molecule has 1 aliphatic rings. The van der Waals surface area contributed by atoms with Crippen molar-refractivity contribution >= 4 is 34.7 Å². The van der Waals surface area contributed by atoms with E-state index in [9.17, 15) is 9.59 Å². The van der Waals surface area contributed by atoms with Crippen molar-refractivity contribution in [1.82, 2.24) is 5.32 Å². The normalized spacial score (nSPS) is 15.9. The van der Waals surface area contributed by atoms with Gasteiger partial charge in [-0.05, 0) is 18.2 Å². The number of nitrogens with one attached hydrogen (secondary N) is 1. The van der Waals surface area contributed by atoms with Crippen LogP contribution in [0.3, 0.4) is 0 Å². The molecule has 1 N–H and O–H groups in total. The van der Waals surface area contributed by atoms with Crippen molar-refractivity contribution in [3.63, 3.8) is 0 Å². The summed E-state index contributed by atoms with van der Waals surface area (Å²) in [6.45, 7) is -0.0596. The van der Waals surface area contributed by atoms with Crippen LogP contribution in [0.1, 0.15) is 21.5 Å². The maximum atomic E-state index is 13.1. The number of benzodiazepines with no additional fused rings is 1. The van der Waals surface area contributed by atoms with E-state index >= 15 is 0 Å². The summed E-state index contributed by atoms with van der Waals surface area (Å²) in [5.74, 6) is -0.436. The zero-order valence-corrected chi connectivity index (χ0v) is 17.1. The minimum atomic E-state index is -0.899. The molecule has 0 bridgehead atoms. The van der Waals surface area contributed by atoms with E-state index in [0.29, 0.717) is 16.3 Å². The molecule has 1 amide bonds. The number of amides is 1. The van der Waals surface area contributed by atoms with Crippen molar-refractivity contribution in [2.45, 2.75) is 6.17 Å². The number of Topliss-reactive ketones (excluding diaryl/α,β-unsaturated/α-hetero) is 1. The summed E-state index contributed by atoms with van der Waals surface area (Å²) in [7, 11) is 1.72. The highest BCUT2D eigenvalue weighted by molar-refractivity contribution is 6.34. The number of carbonyl (C=O) groups is 2. The first-order valence-corrected chi connectivity index (χ1v) is 9.95. The van der Waals surface area contributed by atoms with Crippen LogP contribution in [0.2, 0.25) is 5.02 Å². The standard InChI is InChI=1S/C24H20ClN3O2/c1-28-20-14-8-6-12-18(20)22(16-9-3-2-4-10-16)27-23(24(28)30)26-15-21(29)17-11-5-7-13-19(17)25/h2-14,23,26H,15H2,1H3/t23-/m0/s1. The number of hydrogen-bond acceptors (Lipinski definition) is 4. The van der Waals surface area contributed by atoms with Gasteiger partial charge in [0.15, 0.2) is 11.9 Å². The number of fused-ring (bicyclic) bond motifs is 1. The summed E-state index contributed by atoms with van der Waals surface area (Å²) in [5, 5.41) is 3.40. The van der Waals surface area contributed by atoms with Crippen LogP contribution < -0.4 is 10.2 Å². The van der Waals surface area contributed by atoms with Gasteiger partial charge in [0.05, 0.1) is 23.0 Å². The molecule has 0 saturated carbocycles. The Morgan fingerprint density at radius 1 is 1.00 bits per heavy atom. The molecule has 6 heteroatoms. The van der Waals surface area contributed by atoms with Gasteiger partial charge in [0.25, 0.3) is 5.91 Å². The third-order valence-corrected chi connectivity index (χ3v) is 5.35. The minimum absolute atomic E-state index is 0.0596. The maximum Gasteiger partial charge on any atom is 0.266 e. The lowest BCUT2D eigenvalue weighted by molar-refractivity contribution is -0.120. The van der Waals surface area contributed by atoms with Gasteiger partial charge in [-0.1, -0.05) is 72.3 Å². The zero-order valence-electron chi connectivity index (χ0n) is 16.4. The number of hydrogen-bond donors (Lipinski definition) is 1. The molecule has 3 aromatic carbocycles. The molecular weight excluding hydrogens is 398 g/mol. The van der Waals surface area contributed by atoms with E-state index in [1.54, 1.807) is 36.2 Å². The van der Waals surface area contributed by atoms with Crippen molar-refractivity contribution in [3.8, 4) is 0 Å². The predicted octanol–water partition coefficient (Wildman–Crippen LogP) is 3.95. The fraction of sp³-hybridized carbons (Fsp3) is 0.125. The number of aliphatic imine (C=N–C) groups is 1. The van der Waals surface area contributed by atoms with Gasteiger partial charge in [-0.2, -0.15) is 0 Å². The Morgan fingerprint density at radius 2 is 1.67 bits per heavy atom. The van der Waals surface area contributed by atoms with Crippen molar-refractivity contribution in [3.05, 3.63) is 101 Å². The van der Waals surface area contributed by atoms with E-state index in [4.69, 9.17) is 16.6 Å². The Bertz CT molecular complexity index is 1130. The molecule has 0 unspecified atom stereocenters. The van der Waals surface area contributed by atoms with Gasteiger partial charge in [0.1, 0.15) is 0 Å². The number of halogens is 1. The van der Waals surface area contributed by atoms with E-state index < -0.39 is 6.17 Å². The van der Waals surface area contributed by atoms with Crippen molar-refractivity contribution < 1.29 is 9.59 Å². The predicted molar refractivity (Wildman–Crippen MR) is 120 cm³/mol. The average molecular weight is 418 g/mol. The number of para-hydroxylation sites is 1. The third kappa shape index (κ3) is 3.90. The van der Waals surface area contributed by atoms with E-state index in [1.165, 1.54) is 0 Å². The number of rotatable bonds is 5. The van der Waals surface area contributed by atoms with E-state index in [2.05, 4.69) is 5.32 Å². The van der Waals surface area contributed by atoms with Gasteiger partial charge in [-0.3, -0.25) is 19.9 Å². The van der Waals surface area contributed by atoms with Gasteiger partial charge in [-0.15, -0.1) is 0 Å². The third-order valence-electron chi connectivity index (χ3n) is 5.02. The fourth-order valence-corrected chi connectivity index (χ4v) is 3.69. The number of ketones is 1. The highest BCUT2D eigenvalue weighted by atomic mass is 35.5. The van der Waals surface area contributed by atoms with Gasteiger partial charge in [0, 0.05) is 23.7 Å².